The van der Waals surface area contributed by atoms with Crippen LogP contribution in [0.4, 0.5) is 4.39 Å². The summed E-state index contributed by atoms with van der Waals surface area (Å²) in [7, 11) is 1.31. The van der Waals surface area contributed by atoms with E-state index in [0.29, 0.717) is 5.56 Å². The van der Waals surface area contributed by atoms with Gasteiger partial charge < -0.3 is 9.30 Å². The Labute approximate surface area is 181 Å². The van der Waals surface area contributed by atoms with E-state index in [4.69, 9.17) is 4.74 Å². The van der Waals surface area contributed by atoms with E-state index in [1.54, 1.807) is 34.9 Å². The Bertz CT molecular complexity index is 1450. The van der Waals surface area contributed by atoms with Gasteiger partial charge in [0, 0.05) is 13.1 Å². The Hall–Kier alpha value is -4.27. The summed E-state index contributed by atoms with van der Waals surface area (Å²) in [6.07, 6.45) is 2.89. The molecule has 0 unspecified atom stereocenters. The average molecular weight is 434 g/mol. The summed E-state index contributed by atoms with van der Waals surface area (Å²) in [6.45, 7) is 3.87. The molecule has 4 rings (SSSR count). The Morgan fingerprint density at radius 3 is 2.59 bits per heavy atom. The number of benzene rings is 2. The third kappa shape index (κ3) is 3.64. The molecule has 0 saturated heterocycles. The van der Waals surface area contributed by atoms with Crippen molar-refractivity contribution < 1.29 is 13.9 Å². The molecule has 2 heterocycles. The summed E-state index contributed by atoms with van der Waals surface area (Å²) < 4.78 is 22.4. The van der Waals surface area contributed by atoms with Gasteiger partial charge in [-0.15, -0.1) is 6.58 Å². The molecule has 0 aliphatic rings. The highest BCUT2D eigenvalue weighted by Gasteiger charge is 2.19. The van der Waals surface area contributed by atoms with Crippen molar-refractivity contribution in [2.45, 2.75) is 13.1 Å². The van der Waals surface area contributed by atoms with E-state index < -0.39 is 23.0 Å². The number of halogens is 1. The zero-order chi connectivity index (χ0) is 22.8. The van der Waals surface area contributed by atoms with Crippen molar-refractivity contribution in [3.05, 3.63) is 105 Å². The van der Waals surface area contributed by atoms with Gasteiger partial charge in [0.2, 0.25) is 0 Å². The number of aromatic nitrogens is 4. The number of methoxy groups -OCH3 is 1. The summed E-state index contributed by atoms with van der Waals surface area (Å²) in [5, 5.41) is 0. The third-order valence-corrected chi connectivity index (χ3v) is 5.01. The minimum absolute atomic E-state index is 0.0120. The molecule has 0 spiro atoms. The number of ether oxygens (including phenoxy) is 1. The second-order valence-corrected chi connectivity index (χ2v) is 7.04. The molecule has 0 aliphatic heterocycles. The lowest BCUT2D eigenvalue weighted by Gasteiger charge is -2.12. The first-order valence-electron chi connectivity index (χ1n) is 9.69. The maximum Gasteiger partial charge on any atom is 0.337 e. The van der Waals surface area contributed by atoms with Crippen LogP contribution in [0.3, 0.4) is 0 Å². The van der Waals surface area contributed by atoms with E-state index in [0.717, 1.165) is 10.1 Å². The van der Waals surface area contributed by atoms with Gasteiger partial charge in [0.1, 0.15) is 5.82 Å². The molecule has 4 aromatic rings. The smallest absolute Gasteiger partial charge is 0.337 e. The van der Waals surface area contributed by atoms with Gasteiger partial charge >= 0.3 is 11.7 Å². The Balaban J connectivity index is 1.89. The van der Waals surface area contributed by atoms with Gasteiger partial charge in [-0.1, -0.05) is 24.3 Å². The van der Waals surface area contributed by atoms with Crippen LogP contribution in [-0.2, 0) is 17.8 Å². The summed E-state index contributed by atoms with van der Waals surface area (Å²) in [6, 6.07) is 12.2. The van der Waals surface area contributed by atoms with Gasteiger partial charge in [0.15, 0.2) is 11.2 Å². The van der Waals surface area contributed by atoms with Gasteiger partial charge in [-0.3, -0.25) is 9.36 Å². The van der Waals surface area contributed by atoms with Gasteiger partial charge in [-0.2, -0.15) is 0 Å². The highest BCUT2D eigenvalue weighted by Crippen LogP contribution is 2.16. The number of allylic oxidation sites excluding steroid dienone is 1. The molecule has 2 aromatic carbocycles. The zero-order valence-corrected chi connectivity index (χ0v) is 17.2. The van der Waals surface area contributed by atoms with Crippen LogP contribution in [0.1, 0.15) is 15.9 Å². The maximum absolute atomic E-state index is 13.9. The van der Waals surface area contributed by atoms with Crippen LogP contribution in [0.15, 0.2) is 77.1 Å². The summed E-state index contributed by atoms with van der Waals surface area (Å²) >= 11 is 0. The molecule has 0 aliphatic carbocycles. The number of rotatable bonds is 6. The first-order valence-corrected chi connectivity index (χ1v) is 9.69. The van der Waals surface area contributed by atoms with Crippen LogP contribution in [0, 0.1) is 5.82 Å². The molecule has 9 heteroatoms. The number of carbonyl (C=O) groups excluding carboxylic acids is 1. The zero-order valence-electron chi connectivity index (χ0n) is 17.2. The monoisotopic (exact) mass is 434 g/mol. The first-order chi connectivity index (χ1) is 15.4. The van der Waals surface area contributed by atoms with Crippen LogP contribution < -0.4 is 11.2 Å². The number of nitrogens with zero attached hydrogens (tertiary/aromatic N) is 4. The molecule has 0 atom stereocenters. The molecule has 8 nitrogen and oxygen atoms in total. The van der Waals surface area contributed by atoms with Crippen molar-refractivity contribution in [1.29, 1.82) is 0 Å². The largest absolute Gasteiger partial charge is 0.465 e. The van der Waals surface area contributed by atoms with Gasteiger partial charge in [-0.25, -0.2) is 23.5 Å². The Morgan fingerprint density at radius 1 is 1.19 bits per heavy atom. The van der Waals surface area contributed by atoms with Crippen LogP contribution in [-0.4, -0.2) is 31.8 Å². The van der Waals surface area contributed by atoms with Crippen molar-refractivity contribution in [2.24, 2.45) is 0 Å². The summed E-state index contributed by atoms with van der Waals surface area (Å²) in [5.41, 5.74) is 0.604. The topological polar surface area (TPSA) is 88.1 Å². The van der Waals surface area contributed by atoms with Crippen LogP contribution in [0.25, 0.3) is 16.9 Å². The molecule has 0 N–H and O–H groups in total. The molecule has 0 amide bonds. The second kappa shape index (κ2) is 8.46. The minimum Gasteiger partial charge on any atom is -0.465 e. The molecule has 2 aromatic heterocycles. The highest BCUT2D eigenvalue weighted by molar-refractivity contribution is 5.89. The lowest BCUT2D eigenvalue weighted by Crippen LogP contribution is -2.39. The van der Waals surface area contributed by atoms with E-state index in [1.165, 1.54) is 42.3 Å². The summed E-state index contributed by atoms with van der Waals surface area (Å²) in [5.74, 6) is -0.967. The van der Waals surface area contributed by atoms with Crippen molar-refractivity contribution in [2.75, 3.05) is 7.11 Å². The third-order valence-electron chi connectivity index (χ3n) is 5.01. The Morgan fingerprint density at radius 2 is 1.94 bits per heavy atom. The normalized spacial score (nSPS) is 10.9. The minimum atomic E-state index is -0.638. The number of fused-ring (bicyclic) bond motifs is 1. The fraction of sp³-hybridized carbons (Fsp3) is 0.130. The van der Waals surface area contributed by atoms with Crippen LogP contribution in [0.5, 0.6) is 0 Å². The van der Waals surface area contributed by atoms with E-state index >= 15 is 0 Å². The van der Waals surface area contributed by atoms with Crippen molar-refractivity contribution >= 4 is 17.1 Å². The molecule has 0 fully saturated rings. The quantitative estimate of drug-likeness (QED) is 0.344. The van der Waals surface area contributed by atoms with Crippen molar-refractivity contribution in [1.82, 2.24) is 18.7 Å². The van der Waals surface area contributed by atoms with Gasteiger partial charge in [0.25, 0.3) is 5.56 Å². The number of hydrogen-bond donors (Lipinski definition) is 0. The highest BCUT2D eigenvalue weighted by atomic mass is 19.1. The van der Waals surface area contributed by atoms with Gasteiger partial charge in [0.05, 0.1) is 24.7 Å². The number of hydrogen-bond acceptors (Lipinski definition) is 5. The first kappa shape index (κ1) is 21.0. The lowest BCUT2D eigenvalue weighted by atomic mass is 10.1. The standard InChI is InChI=1S/C23H19FN4O4/c1-3-11-27-21(29)19-20(28(23(27)31)18-6-4-5-17(24)12-18)25-14-26(19)13-15-7-9-16(10-8-15)22(30)32-2/h3-10,12,14H,1,11,13H2,2H3. The van der Waals surface area contributed by atoms with Gasteiger partial charge in [-0.05, 0) is 35.9 Å². The van der Waals surface area contributed by atoms with E-state index in [1.807, 2.05) is 0 Å². The average Bonchev–Trinajstić information content (AvgIpc) is 3.20. The van der Waals surface area contributed by atoms with Crippen molar-refractivity contribution in [3.63, 3.8) is 0 Å². The van der Waals surface area contributed by atoms with E-state index in [2.05, 4.69) is 11.6 Å². The summed E-state index contributed by atoms with van der Waals surface area (Å²) in [4.78, 5) is 42.1. The number of esters is 1. The maximum atomic E-state index is 13.9. The molecule has 0 saturated carbocycles. The van der Waals surface area contributed by atoms with Crippen LogP contribution in [0.2, 0.25) is 0 Å². The number of carbonyl (C=O) groups is 1. The van der Waals surface area contributed by atoms with Crippen molar-refractivity contribution in [3.8, 4) is 5.69 Å². The lowest BCUT2D eigenvalue weighted by molar-refractivity contribution is 0.0600. The van der Waals surface area contributed by atoms with E-state index in [-0.39, 0.29) is 29.9 Å². The molecular weight excluding hydrogens is 415 g/mol. The SMILES string of the molecule is C=CCn1c(=O)c2c(ncn2Cc2ccc(C(=O)OC)cc2)n(-c2cccc(F)c2)c1=O. The van der Waals surface area contributed by atoms with Crippen LogP contribution >= 0.6 is 0 Å². The fourth-order valence-electron chi connectivity index (χ4n) is 3.50. The molecule has 32 heavy (non-hydrogen) atoms. The molecular formula is C23H19FN4O4. The fourth-order valence-corrected chi connectivity index (χ4v) is 3.50. The predicted molar refractivity (Wildman–Crippen MR) is 117 cm³/mol. The molecule has 0 bridgehead atoms. The van der Waals surface area contributed by atoms with E-state index in [9.17, 15) is 18.8 Å². The molecule has 0 radical (unpaired) electrons. The second-order valence-electron chi connectivity index (χ2n) is 7.04. The molecule has 162 valence electrons. The predicted octanol–water partition coefficient (Wildman–Crippen LogP) is 2.51. The Kier molecular flexibility index (Phi) is 5.55. The number of imidazole rings is 1.